The Kier molecular flexibility index (Phi) is 9.07. The smallest absolute Gasteiger partial charge is 0.374 e. The van der Waals surface area contributed by atoms with Gasteiger partial charge >= 0.3 is 11.9 Å². The summed E-state index contributed by atoms with van der Waals surface area (Å²) in [5, 5.41) is 1.12. The highest BCUT2D eigenvalue weighted by atomic mass is 35.7. The molecular weight excluding hydrogens is 610 g/mol. The predicted octanol–water partition coefficient (Wildman–Crippen LogP) is 5.40. The summed E-state index contributed by atoms with van der Waals surface area (Å²) in [6.45, 7) is 6.58. The van der Waals surface area contributed by atoms with Gasteiger partial charge in [-0.2, -0.15) is 4.31 Å². The van der Waals surface area contributed by atoms with Gasteiger partial charge in [-0.25, -0.2) is 26.4 Å². The van der Waals surface area contributed by atoms with Crippen molar-refractivity contribution in [3.63, 3.8) is 0 Å². The van der Waals surface area contributed by atoms with E-state index in [2.05, 4.69) is 11.7 Å². The number of nitrogens with zero attached hydrogens (tertiary/aromatic N) is 1. The molecule has 4 aromatic rings. The number of halogens is 1. The number of piperidine rings is 1. The van der Waals surface area contributed by atoms with E-state index < -0.39 is 31.0 Å². The lowest BCUT2D eigenvalue weighted by Crippen LogP contribution is -2.37. The molecule has 0 spiro atoms. The molecule has 42 heavy (non-hydrogen) atoms. The van der Waals surface area contributed by atoms with Gasteiger partial charge in [-0.15, -0.1) is 0 Å². The van der Waals surface area contributed by atoms with E-state index in [0.717, 1.165) is 12.8 Å². The largest absolute Gasteiger partial charge is 0.463 e. The Morgan fingerprint density at radius 2 is 1.24 bits per heavy atom. The maximum Gasteiger partial charge on any atom is 0.374 e. The van der Waals surface area contributed by atoms with Crippen LogP contribution in [0.2, 0.25) is 0 Å². The fourth-order valence-corrected chi connectivity index (χ4v) is 6.93. The van der Waals surface area contributed by atoms with E-state index in [4.69, 9.17) is 24.3 Å². The van der Waals surface area contributed by atoms with E-state index in [9.17, 15) is 26.4 Å². The second kappa shape index (κ2) is 12.1. The van der Waals surface area contributed by atoms with Crippen LogP contribution in [-0.2, 0) is 28.5 Å². The molecule has 0 amide bonds. The average Bonchev–Trinajstić information content (AvgIpc) is 3.48. The molecule has 1 saturated heterocycles. The van der Waals surface area contributed by atoms with Gasteiger partial charge in [0.25, 0.3) is 9.05 Å². The molecule has 0 aliphatic carbocycles. The molecule has 3 heterocycles. The molecule has 0 radical (unpaired) electrons. The summed E-state index contributed by atoms with van der Waals surface area (Å²) in [5.74, 6) is -0.472. The van der Waals surface area contributed by atoms with Gasteiger partial charge in [-0.05, 0) is 69.0 Å². The van der Waals surface area contributed by atoms with E-state index in [1.807, 2.05) is 0 Å². The Morgan fingerprint density at radius 3 is 1.67 bits per heavy atom. The number of carbonyl (C=O) groups is 2. The molecule has 0 N–H and O–H groups in total. The zero-order chi connectivity index (χ0) is 31.0. The molecule has 1 fully saturated rings. The number of sulfonamides is 1. The fourth-order valence-electron chi connectivity index (χ4n) is 4.66. The normalized spacial score (nSPS) is 14.9. The molecule has 2 aromatic heterocycles. The van der Waals surface area contributed by atoms with E-state index in [-0.39, 0.29) is 21.3 Å². The van der Waals surface area contributed by atoms with Crippen LogP contribution in [0.1, 0.15) is 52.0 Å². The van der Waals surface area contributed by atoms with Crippen LogP contribution in [0.15, 0.2) is 55.0 Å². The number of methoxy groups -OCH3 is 2. The number of aryl methyl sites for hydroxylation is 2. The molecule has 0 unspecified atom stereocenters. The third-order valence-electron chi connectivity index (χ3n) is 7.22. The summed E-state index contributed by atoms with van der Waals surface area (Å²) in [5.41, 5.74) is 1.97. The number of benzene rings is 2. The molecule has 2 aromatic carbocycles. The first-order chi connectivity index (χ1) is 19.7. The lowest BCUT2D eigenvalue weighted by Gasteiger charge is -2.29. The Hall–Kier alpha value is -3.39. The van der Waals surface area contributed by atoms with Gasteiger partial charge in [0.1, 0.15) is 11.2 Å². The monoisotopic (exact) mass is 639 g/mol. The van der Waals surface area contributed by atoms with Crippen LogP contribution in [-0.4, -0.2) is 60.4 Å². The molecule has 0 bridgehead atoms. The Balaban J connectivity index is 0.000000201. The number of fused-ring (bicyclic) bond motifs is 2. The standard InChI is InChI=1S/C17H21NO5S.C11H9ClO5S/c1-11-6-8-18(9-7-11)24(20,21)13-4-5-15-14(10-13)12(2)16(23-15)17(19)22-3;1-6-8-5-7(18(12,14)15)3-4-9(8)17-10(6)11(13)16-2/h4-5,10-11H,6-9H2,1-3H3;3-5H,1-2H3. The first-order valence-electron chi connectivity index (χ1n) is 12.9. The zero-order valence-corrected chi connectivity index (χ0v) is 26.0. The van der Waals surface area contributed by atoms with Crippen LogP contribution in [0.5, 0.6) is 0 Å². The van der Waals surface area contributed by atoms with Gasteiger partial charge in [0.2, 0.25) is 21.5 Å². The minimum absolute atomic E-state index is 0.0445. The zero-order valence-electron chi connectivity index (χ0n) is 23.6. The summed E-state index contributed by atoms with van der Waals surface area (Å²) in [6.07, 6.45) is 1.75. The molecule has 226 valence electrons. The van der Waals surface area contributed by atoms with Crippen molar-refractivity contribution in [2.45, 2.75) is 43.4 Å². The van der Waals surface area contributed by atoms with Crippen molar-refractivity contribution in [2.24, 2.45) is 5.92 Å². The lowest BCUT2D eigenvalue weighted by molar-refractivity contribution is 0.0558. The van der Waals surface area contributed by atoms with Gasteiger partial charge in [-0.3, -0.25) is 0 Å². The highest BCUT2D eigenvalue weighted by molar-refractivity contribution is 8.13. The van der Waals surface area contributed by atoms with Crippen LogP contribution in [0, 0.1) is 19.8 Å². The molecule has 0 atom stereocenters. The summed E-state index contributed by atoms with van der Waals surface area (Å²) in [4.78, 5) is 23.3. The van der Waals surface area contributed by atoms with Crippen LogP contribution >= 0.6 is 10.7 Å². The molecule has 1 aliphatic heterocycles. The maximum absolute atomic E-state index is 12.8. The molecule has 5 rings (SSSR count). The molecule has 14 heteroatoms. The average molecular weight is 640 g/mol. The van der Waals surface area contributed by atoms with Gasteiger partial charge in [0.15, 0.2) is 0 Å². The molecule has 1 aliphatic rings. The minimum atomic E-state index is -3.81. The van der Waals surface area contributed by atoms with E-state index in [1.54, 1.807) is 26.0 Å². The van der Waals surface area contributed by atoms with Crippen LogP contribution in [0.4, 0.5) is 0 Å². The number of esters is 2. The predicted molar refractivity (Wildman–Crippen MR) is 155 cm³/mol. The Labute approximate surface area is 247 Å². The fraction of sp³-hybridized carbons (Fsp3) is 0.357. The van der Waals surface area contributed by atoms with E-state index in [0.29, 0.717) is 52.1 Å². The number of rotatable bonds is 5. The number of hydrogen-bond acceptors (Lipinski definition) is 10. The third kappa shape index (κ3) is 6.19. The summed E-state index contributed by atoms with van der Waals surface area (Å²) in [7, 11) is 0.430. The van der Waals surface area contributed by atoms with Crippen molar-refractivity contribution in [3.05, 3.63) is 59.0 Å². The first kappa shape index (κ1) is 31.5. The van der Waals surface area contributed by atoms with Crippen molar-refractivity contribution < 1.29 is 44.7 Å². The summed E-state index contributed by atoms with van der Waals surface area (Å²) < 4.78 is 69.7. The Morgan fingerprint density at radius 1 is 0.810 bits per heavy atom. The van der Waals surface area contributed by atoms with Gasteiger partial charge in [0.05, 0.1) is 24.0 Å². The topological polar surface area (TPSA) is 150 Å². The van der Waals surface area contributed by atoms with Gasteiger partial charge < -0.3 is 18.3 Å². The second-order valence-corrected chi connectivity index (χ2v) is 14.4. The van der Waals surface area contributed by atoms with Crippen molar-refractivity contribution >= 4 is 63.6 Å². The van der Waals surface area contributed by atoms with Crippen LogP contribution < -0.4 is 0 Å². The van der Waals surface area contributed by atoms with Crippen molar-refractivity contribution in [2.75, 3.05) is 27.3 Å². The quantitative estimate of drug-likeness (QED) is 0.205. The number of hydrogen-bond donors (Lipinski definition) is 0. The Bertz CT molecular complexity index is 1880. The van der Waals surface area contributed by atoms with Crippen LogP contribution in [0.25, 0.3) is 21.9 Å². The SMILES string of the molecule is COC(=O)c1oc2ccc(S(=O)(=O)Cl)cc2c1C.COC(=O)c1oc2ccc(S(=O)(=O)N3CCC(C)CC3)cc2c1C. The highest BCUT2D eigenvalue weighted by Crippen LogP contribution is 2.31. The molecular formula is C28H30ClNO10S2. The van der Waals surface area contributed by atoms with Gasteiger partial charge in [-0.1, -0.05) is 6.92 Å². The summed E-state index contributed by atoms with van der Waals surface area (Å²) in [6, 6.07) is 8.82. The molecule has 0 saturated carbocycles. The van der Waals surface area contributed by atoms with E-state index >= 15 is 0 Å². The lowest BCUT2D eigenvalue weighted by atomic mass is 10.0. The maximum atomic E-state index is 12.8. The van der Waals surface area contributed by atoms with Crippen LogP contribution in [0.3, 0.4) is 0 Å². The van der Waals surface area contributed by atoms with Crippen molar-refractivity contribution in [3.8, 4) is 0 Å². The number of ether oxygens (including phenoxy) is 2. The first-order valence-corrected chi connectivity index (χ1v) is 16.6. The molecule has 11 nitrogen and oxygen atoms in total. The summed E-state index contributed by atoms with van der Waals surface area (Å²) >= 11 is 0. The number of carbonyl (C=O) groups excluding carboxylic acids is 2. The third-order valence-corrected chi connectivity index (χ3v) is 10.5. The van der Waals surface area contributed by atoms with Crippen molar-refractivity contribution in [1.29, 1.82) is 0 Å². The van der Waals surface area contributed by atoms with Crippen molar-refractivity contribution in [1.82, 2.24) is 4.31 Å². The van der Waals surface area contributed by atoms with Gasteiger partial charge in [0, 0.05) is 45.7 Å². The highest BCUT2D eigenvalue weighted by Gasteiger charge is 2.29. The number of furan rings is 2. The minimum Gasteiger partial charge on any atom is -0.463 e. The second-order valence-electron chi connectivity index (χ2n) is 9.94. The van der Waals surface area contributed by atoms with E-state index in [1.165, 1.54) is 42.8 Å².